The predicted octanol–water partition coefficient (Wildman–Crippen LogP) is 1.07. The van der Waals surface area contributed by atoms with E-state index in [1.165, 1.54) is 14.2 Å². The minimum absolute atomic E-state index is 0.000260. The van der Waals surface area contributed by atoms with Gasteiger partial charge in [-0.2, -0.15) is 0 Å². The Balaban J connectivity index is 2.16. The van der Waals surface area contributed by atoms with Gasteiger partial charge in [0.2, 0.25) is 0 Å². The van der Waals surface area contributed by atoms with Gasteiger partial charge in [0.15, 0.2) is 17.6 Å². The monoisotopic (exact) mass is 282 g/mol. The normalized spacial score (nSPS) is 19.4. The van der Waals surface area contributed by atoms with Crippen LogP contribution in [0.2, 0.25) is 0 Å². The lowest BCUT2D eigenvalue weighted by molar-refractivity contribution is -0.150. The number of carbonyl (C=O) groups excluding carboxylic acids is 1. The topological polar surface area (TPSA) is 74.2 Å². The van der Waals surface area contributed by atoms with Gasteiger partial charge in [-0.1, -0.05) is 6.07 Å². The molecule has 2 unspecified atom stereocenters. The first kappa shape index (κ1) is 14.6. The van der Waals surface area contributed by atoms with E-state index in [9.17, 15) is 9.90 Å². The number of benzene rings is 1. The van der Waals surface area contributed by atoms with Crippen molar-refractivity contribution in [2.75, 3.05) is 27.4 Å². The van der Waals surface area contributed by atoms with E-state index < -0.39 is 12.1 Å². The highest BCUT2D eigenvalue weighted by Crippen LogP contribution is 2.32. The fourth-order valence-corrected chi connectivity index (χ4v) is 1.98. The van der Waals surface area contributed by atoms with Crippen LogP contribution in [0.15, 0.2) is 18.2 Å². The van der Waals surface area contributed by atoms with Crippen molar-refractivity contribution >= 4 is 5.97 Å². The quantitative estimate of drug-likeness (QED) is 0.814. The highest BCUT2D eigenvalue weighted by molar-refractivity contribution is 5.76. The van der Waals surface area contributed by atoms with Gasteiger partial charge in [0.1, 0.15) is 6.10 Å². The Morgan fingerprint density at radius 2 is 2.20 bits per heavy atom. The molecular formula is C14H18O6. The summed E-state index contributed by atoms with van der Waals surface area (Å²) in [6, 6.07) is 4.83. The second-order valence-corrected chi connectivity index (χ2v) is 4.44. The van der Waals surface area contributed by atoms with Gasteiger partial charge in [-0.15, -0.1) is 0 Å². The number of methoxy groups -OCH3 is 2. The molecule has 0 amide bonds. The highest BCUT2D eigenvalue weighted by atomic mass is 16.6. The van der Waals surface area contributed by atoms with Gasteiger partial charge in [-0.25, -0.2) is 4.79 Å². The van der Waals surface area contributed by atoms with Crippen molar-refractivity contribution in [2.24, 2.45) is 0 Å². The van der Waals surface area contributed by atoms with Crippen molar-refractivity contribution in [1.82, 2.24) is 0 Å². The molecule has 1 aromatic rings. The molecule has 1 N–H and O–H groups in total. The number of hydrogen-bond acceptors (Lipinski definition) is 6. The zero-order valence-electron chi connectivity index (χ0n) is 11.5. The van der Waals surface area contributed by atoms with Crippen LogP contribution in [0.3, 0.4) is 0 Å². The molecule has 110 valence electrons. The summed E-state index contributed by atoms with van der Waals surface area (Å²) in [4.78, 5) is 11.3. The molecule has 6 heteroatoms. The lowest BCUT2D eigenvalue weighted by Gasteiger charge is -2.16. The standard InChI is InChI=1S/C14H18O6/c1-17-12-7-9(13(15)14(16)18-2)3-4-11(12)20-10-5-6-19-8-10/h3-4,7,10,13,15H,5-6,8H2,1-2H3. The fraction of sp³-hybridized carbons (Fsp3) is 0.500. The van der Waals surface area contributed by atoms with Crippen LogP contribution >= 0.6 is 0 Å². The van der Waals surface area contributed by atoms with E-state index in [1.54, 1.807) is 18.2 Å². The van der Waals surface area contributed by atoms with Gasteiger partial charge < -0.3 is 24.1 Å². The average molecular weight is 282 g/mol. The average Bonchev–Trinajstić information content (AvgIpc) is 2.99. The molecule has 1 heterocycles. The van der Waals surface area contributed by atoms with Gasteiger partial charge in [-0.3, -0.25) is 0 Å². The number of aliphatic hydroxyl groups excluding tert-OH is 1. The van der Waals surface area contributed by atoms with E-state index in [2.05, 4.69) is 4.74 Å². The summed E-state index contributed by atoms with van der Waals surface area (Å²) >= 11 is 0. The molecule has 0 aromatic heterocycles. The van der Waals surface area contributed by atoms with Crippen LogP contribution in [0.4, 0.5) is 0 Å². The maximum absolute atomic E-state index is 11.3. The predicted molar refractivity (Wildman–Crippen MR) is 69.8 cm³/mol. The Labute approximate surface area is 117 Å². The third-order valence-corrected chi connectivity index (χ3v) is 3.11. The van der Waals surface area contributed by atoms with Gasteiger partial charge >= 0.3 is 5.97 Å². The van der Waals surface area contributed by atoms with Crippen molar-refractivity contribution in [3.05, 3.63) is 23.8 Å². The van der Waals surface area contributed by atoms with Crippen LogP contribution in [0.1, 0.15) is 18.1 Å². The maximum atomic E-state index is 11.3. The molecule has 1 aromatic carbocycles. The molecular weight excluding hydrogens is 264 g/mol. The maximum Gasteiger partial charge on any atom is 0.339 e. The summed E-state index contributed by atoms with van der Waals surface area (Å²) in [5.74, 6) is 0.297. The molecule has 20 heavy (non-hydrogen) atoms. The molecule has 6 nitrogen and oxygen atoms in total. The minimum atomic E-state index is -1.34. The third-order valence-electron chi connectivity index (χ3n) is 3.11. The van der Waals surface area contributed by atoms with Crippen LogP contribution in [0.5, 0.6) is 11.5 Å². The molecule has 0 spiro atoms. The molecule has 2 atom stereocenters. The second-order valence-electron chi connectivity index (χ2n) is 4.44. The molecule has 1 fully saturated rings. The Morgan fingerprint density at radius 1 is 1.40 bits per heavy atom. The number of rotatable bonds is 5. The van der Waals surface area contributed by atoms with E-state index in [4.69, 9.17) is 14.2 Å². The van der Waals surface area contributed by atoms with Crippen LogP contribution in [0, 0.1) is 0 Å². The van der Waals surface area contributed by atoms with Crippen LogP contribution in [-0.4, -0.2) is 44.6 Å². The second kappa shape index (κ2) is 6.58. The van der Waals surface area contributed by atoms with E-state index in [-0.39, 0.29) is 6.10 Å². The molecule has 0 aliphatic carbocycles. The van der Waals surface area contributed by atoms with Crippen LogP contribution in [-0.2, 0) is 14.3 Å². The van der Waals surface area contributed by atoms with Crippen molar-refractivity contribution in [3.8, 4) is 11.5 Å². The fourth-order valence-electron chi connectivity index (χ4n) is 1.98. The van der Waals surface area contributed by atoms with E-state index in [0.29, 0.717) is 30.3 Å². The van der Waals surface area contributed by atoms with E-state index in [0.717, 1.165) is 6.42 Å². The SMILES string of the molecule is COC(=O)C(O)c1ccc(OC2CCOC2)c(OC)c1. The van der Waals surface area contributed by atoms with Crippen molar-refractivity contribution in [1.29, 1.82) is 0 Å². The molecule has 0 saturated carbocycles. The molecule has 0 bridgehead atoms. The zero-order chi connectivity index (χ0) is 14.5. The van der Waals surface area contributed by atoms with Gasteiger partial charge in [0.25, 0.3) is 0 Å². The zero-order valence-corrected chi connectivity index (χ0v) is 11.5. The Bertz CT molecular complexity index is 467. The molecule has 1 aliphatic heterocycles. The van der Waals surface area contributed by atoms with Crippen molar-refractivity contribution < 1.29 is 28.8 Å². The Morgan fingerprint density at radius 3 is 2.80 bits per heavy atom. The number of carbonyl (C=O) groups is 1. The number of ether oxygens (including phenoxy) is 4. The van der Waals surface area contributed by atoms with Gasteiger partial charge in [0, 0.05) is 6.42 Å². The Hall–Kier alpha value is -1.79. The molecule has 0 radical (unpaired) electrons. The molecule has 2 rings (SSSR count). The van der Waals surface area contributed by atoms with E-state index >= 15 is 0 Å². The summed E-state index contributed by atoms with van der Waals surface area (Å²) in [5, 5.41) is 9.79. The molecule has 1 saturated heterocycles. The number of hydrogen-bond donors (Lipinski definition) is 1. The summed E-state index contributed by atoms with van der Waals surface area (Å²) in [6.07, 6.45) is -0.506. The largest absolute Gasteiger partial charge is 0.493 e. The first-order chi connectivity index (χ1) is 9.65. The van der Waals surface area contributed by atoms with Crippen molar-refractivity contribution in [2.45, 2.75) is 18.6 Å². The summed E-state index contributed by atoms with van der Waals surface area (Å²) in [5.41, 5.74) is 0.392. The van der Waals surface area contributed by atoms with E-state index in [1.807, 2.05) is 0 Å². The first-order valence-electron chi connectivity index (χ1n) is 6.34. The van der Waals surface area contributed by atoms with Crippen LogP contribution < -0.4 is 9.47 Å². The smallest absolute Gasteiger partial charge is 0.339 e. The molecule has 1 aliphatic rings. The third kappa shape index (κ3) is 3.20. The van der Waals surface area contributed by atoms with Gasteiger partial charge in [0.05, 0.1) is 27.4 Å². The Kier molecular flexibility index (Phi) is 4.81. The summed E-state index contributed by atoms with van der Waals surface area (Å²) < 4.78 is 20.7. The number of aliphatic hydroxyl groups is 1. The van der Waals surface area contributed by atoms with Crippen molar-refractivity contribution in [3.63, 3.8) is 0 Å². The van der Waals surface area contributed by atoms with Gasteiger partial charge in [-0.05, 0) is 17.7 Å². The number of esters is 1. The summed E-state index contributed by atoms with van der Waals surface area (Å²) in [7, 11) is 2.72. The highest BCUT2D eigenvalue weighted by Gasteiger charge is 2.22. The van der Waals surface area contributed by atoms with Crippen LogP contribution in [0.25, 0.3) is 0 Å². The lowest BCUT2D eigenvalue weighted by Crippen LogP contribution is -2.17. The minimum Gasteiger partial charge on any atom is -0.493 e. The first-order valence-corrected chi connectivity index (χ1v) is 6.34. The lowest BCUT2D eigenvalue weighted by atomic mass is 10.1. The summed E-state index contributed by atoms with van der Waals surface area (Å²) in [6.45, 7) is 1.24.